The zero-order valence-corrected chi connectivity index (χ0v) is 15.4. The minimum atomic E-state index is -0.462. The van der Waals surface area contributed by atoms with Crippen LogP contribution >= 0.6 is 34.8 Å². The van der Waals surface area contributed by atoms with Crippen LogP contribution in [0.1, 0.15) is 5.56 Å². The highest BCUT2D eigenvalue weighted by Gasteiger charge is 2.15. The number of halogens is 3. The van der Waals surface area contributed by atoms with Gasteiger partial charge in [-0.25, -0.2) is 4.68 Å². The van der Waals surface area contributed by atoms with Gasteiger partial charge in [0.1, 0.15) is 5.75 Å². The van der Waals surface area contributed by atoms with Crippen molar-refractivity contribution in [1.29, 1.82) is 0 Å². The second kappa shape index (κ2) is 7.48. The lowest BCUT2D eigenvalue weighted by Crippen LogP contribution is -1.95. The lowest BCUT2D eigenvalue weighted by molar-refractivity contribution is -0.111. The second-order valence-electron chi connectivity index (χ2n) is 5.31. The van der Waals surface area contributed by atoms with Crippen molar-refractivity contribution in [2.75, 3.05) is 7.11 Å². The Balaban J connectivity index is 2.07. The molecule has 0 aliphatic rings. The molecule has 1 aromatic heterocycles. The van der Waals surface area contributed by atoms with E-state index in [-0.39, 0.29) is 6.42 Å². The Kier molecular flexibility index (Phi) is 5.33. The number of hydrogen-bond acceptors (Lipinski definition) is 3. The molecule has 4 nitrogen and oxygen atoms in total. The van der Waals surface area contributed by atoms with Gasteiger partial charge in [-0.2, -0.15) is 5.10 Å². The van der Waals surface area contributed by atoms with Crippen molar-refractivity contribution in [2.45, 2.75) is 6.42 Å². The molecule has 0 amide bonds. The molecule has 0 N–H and O–H groups in total. The summed E-state index contributed by atoms with van der Waals surface area (Å²) in [7, 11) is 1.61. The van der Waals surface area contributed by atoms with Crippen molar-refractivity contribution in [3.8, 4) is 22.7 Å². The van der Waals surface area contributed by atoms with Crippen LogP contribution in [0.15, 0.2) is 48.7 Å². The number of hydrogen-bond donors (Lipinski definition) is 0. The molecule has 128 valence electrons. The molecule has 2 aromatic carbocycles. The number of carbonyl (C=O) groups excluding carboxylic acids is 1. The number of methoxy groups -OCH3 is 1. The maximum absolute atomic E-state index is 11.4. The number of aromatic nitrogens is 2. The summed E-state index contributed by atoms with van der Waals surface area (Å²) in [4.78, 5) is 11.4. The van der Waals surface area contributed by atoms with Gasteiger partial charge in [0.05, 0.1) is 35.0 Å². The van der Waals surface area contributed by atoms with E-state index in [0.717, 1.165) is 17.0 Å². The van der Waals surface area contributed by atoms with Crippen LogP contribution in [0.5, 0.6) is 5.75 Å². The van der Waals surface area contributed by atoms with E-state index in [1.807, 2.05) is 24.3 Å². The summed E-state index contributed by atoms with van der Waals surface area (Å²) in [6.45, 7) is 0. The smallest absolute Gasteiger partial charge is 0.226 e. The van der Waals surface area contributed by atoms with Crippen molar-refractivity contribution >= 4 is 40.0 Å². The number of ether oxygens (including phenoxy) is 1. The molecule has 3 aromatic rings. The number of nitrogens with zero attached hydrogens (tertiary/aromatic N) is 2. The maximum atomic E-state index is 11.4. The fourth-order valence-corrected chi connectivity index (χ4v) is 2.88. The summed E-state index contributed by atoms with van der Waals surface area (Å²) in [6.07, 6.45) is 1.84. The Bertz CT molecular complexity index is 921. The van der Waals surface area contributed by atoms with Crippen LogP contribution < -0.4 is 4.74 Å². The largest absolute Gasteiger partial charge is 0.497 e. The van der Waals surface area contributed by atoms with Gasteiger partial charge in [0.2, 0.25) is 5.24 Å². The molecule has 0 unspecified atom stereocenters. The molecule has 0 aliphatic heterocycles. The van der Waals surface area contributed by atoms with Crippen LogP contribution in [0.25, 0.3) is 16.9 Å². The van der Waals surface area contributed by atoms with E-state index in [2.05, 4.69) is 5.10 Å². The first-order valence-corrected chi connectivity index (χ1v) is 8.48. The van der Waals surface area contributed by atoms with E-state index in [1.54, 1.807) is 36.2 Å². The van der Waals surface area contributed by atoms with Crippen LogP contribution in [0.3, 0.4) is 0 Å². The van der Waals surface area contributed by atoms with Gasteiger partial charge in [-0.05, 0) is 48.0 Å². The van der Waals surface area contributed by atoms with Crippen molar-refractivity contribution in [2.24, 2.45) is 0 Å². The summed E-state index contributed by atoms with van der Waals surface area (Å²) in [5, 5.41) is 5.00. The van der Waals surface area contributed by atoms with Gasteiger partial charge in [0.25, 0.3) is 0 Å². The topological polar surface area (TPSA) is 44.1 Å². The van der Waals surface area contributed by atoms with Gasteiger partial charge < -0.3 is 4.74 Å². The van der Waals surface area contributed by atoms with Crippen LogP contribution in [-0.4, -0.2) is 22.1 Å². The Morgan fingerprint density at radius 3 is 2.44 bits per heavy atom. The average Bonchev–Trinajstić information content (AvgIpc) is 3.00. The fourth-order valence-electron chi connectivity index (χ4n) is 2.44. The van der Waals surface area contributed by atoms with E-state index in [1.165, 1.54) is 0 Å². The maximum Gasteiger partial charge on any atom is 0.226 e. The van der Waals surface area contributed by atoms with E-state index in [0.29, 0.717) is 21.3 Å². The molecule has 0 spiro atoms. The number of rotatable bonds is 5. The first-order chi connectivity index (χ1) is 12.0. The molecule has 0 aliphatic carbocycles. The zero-order chi connectivity index (χ0) is 18.0. The van der Waals surface area contributed by atoms with Crippen LogP contribution in [0.2, 0.25) is 10.0 Å². The summed E-state index contributed by atoms with van der Waals surface area (Å²) >= 11 is 17.7. The van der Waals surface area contributed by atoms with Gasteiger partial charge >= 0.3 is 0 Å². The lowest BCUT2D eigenvalue weighted by atomic mass is 10.1. The fraction of sp³-hybridized carbons (Fsp3) is 0.111. The Labute approximate surface area is 159 Å². The summed E-state index contributed by atoms with van der Waals surface area (Å²) in [6, 6.07) is 12.6. The Morgan fingerprint density at radius 1 is 1.12 bits per heavy atom. The third kappa shape index (κ3) is 3.98. The average molecular weight is 396 g/mol. The molecule has 0 saturated carbocycles. The minimum Gasteiger partial charge on any atom is -0.497 e. The molecule has 3 rings (SSSR count). The van der Waals surface area contributed by atoms with Gasteiger partial charge in [-0.1, -0.05) is 29.3 Å². The zero-order valence-electron chi connectivity index (χ0n) is 13.2. The molecular weight excluding hydrogens is 383 g/mol. The summed E-state index contributed by atoms with van der Waals surface area (Å²) in [5.74, 6) is 0.747. The third-order valence-electron chi connectivity index (χ3n) is 3.65. The molecule has 0 radical (unpaired) electrons. The Hall–Kier alpha value is -2.01. The predicted octanol–water partition coefficient (Wildman–Crippen LogP) is 5.16. The van der Waals surface area contributed by atoms with E-state index < -0.39 is 5.24 Å². The van der Waals surface area contributed by atoms with Crippen LogP contribution in [0, 0.1) is 0 Å². The van der Waals surface area contributed by atoms with Crippen molar-refractivity contribution in [3.63, 3.8) is 0 Å². The molecule has 1 heterocycles. The summed E-state index contributed by atoms with van der Waals surface area (Å²) < 4.78 is 6.85. The Morgan fingerprint density at radius 2 is 1.84 bits per heavy atom. The third-order valence-corrected chi connectivity index (χ3v) is 4.52. The van der Waals surface area contributed by atoms with Gasteiger partial charge in [0.15, 0.2) is 0 Å². The highest BCUT2D eigenvalue weighted by atomic mass is 35.5. The molecule has 25 heavy (non-hydrogen) atoms. The molecule has 0 bridgehead atoms. The highest BCUT2D eigenvalue weighted by molar-refractivity contribution is 6.63. The standard InChI is InChI=1S/C18H13Cl3N2O2/c1-25-14-5-3-13(4-6-14)23-10-12(9-17(21)24)18(22-23)11-2-7-15(19)16(20)8-11/h2-8,10H,9H2,1H3. The van der Waals surface area contributed by atoms with Crippen LogP contribution in [0.4, 0.5) is 0 Å². The van der Waals surface area contributed by atoms with E-state index >= 15 is 0 Å². The molecule has 0 fully saturated rings. The minimum absolute atomic E-state index is 0.0628. The molecule has 0 atom stereocenters. The van der Waals surface area contributed by atoms with E-state index in [9.17, 15) is 4.79 Å². The molecule has 0 saturated heterocycles. The SMILES string of the molecule is COc1ccc(-n2cc(CC(=O)Cl)c(-c3ccc(Cl)c(Cl)c3)n2)cc1. The van der Waals surface area contributed by atoms with Gasteiger partial charge in [0, 0.05) is 17.3 Å². The van der Waals surface area contributed by atoms with Gasteiger partial charge in [-0.3, -0.25) is 4.79 Å². The number of carbonyl (C=O) groups is 1. The molecule has 7 heteroatoms. The monoisotopic (exact) mass is 394 g/mol. The van der Waals surface area contributed by atoms with Crippen molar-refractivity contribution in [1.82, 2.24) is 9.78 Å². The van der Waals surface area contributed by atoms with Gasteiger partial charge in [-0.15, -0.1) is 0 Å². The predicted molar refractivity (Wildman–Crippen MR) is 100 cm³/mol. The first-order valence-electron chi connectivity index (χ1n) is 7.34. The second-order valence-corrected chi connectivity index (χ2v) is 6.54. The van der Waals surface area contributed by atoms with E-state index in [4.69, 9.17) is 39.5 Å². The highest BCUT2D eigenvalue weighted by Crippen LogP contribution is 2.30. The van der Waals surface area contributed by atoms with Crippen molar-refractivity contribution < 1.29 is 9.53 Å². The summed E-state index contributed by atoms with van der Waals surface area (Å²) in [5.41, 5.74) is 2.92. The van der Waals surface area contributed by atoms with Crippen molar-refractivity contribution in [3.05, 3.63) is 64.3 Å². The normalized spacial score (nSPS) is 10.7. The first kappa shape index (κ1) is 17.8. The molecular formula is C18H13Cl3N2O2. The lowest BCUT2D eigenvalue weighted by Gasteiger charge is -2.04. The number of benzene rings is 2. The van der Waals surface area contributed by atoms with Crippen LogP contribution in [-0.2, 0) is 11.2 Å². The quantitative estimate of drug-likeness (QED) is 0.560.